The van der Waals surface area contributed by atoms with E-state index in [4.69, 9.17) is 5.11 Å². The molecule has 1 fully saturated rings. The molecule has 0 bridgehead atoms. The Hall–Kier alpha value is -0.570. The van der Waals surface area contributed by atoms with Crippen LogP contribution in [0.2, 0.25) is 0 Å². The van der Waals surface area contributed by atoms with Gasteiger partial charge in [-0.3, -0.25) is 9.69 Å². The number of rotatable bonds is 2. The van der Waals surface area contributed by atoms with Gasteiger partial charge in [0.15, 0.2) is 0 Å². The molecule has 1 N–H and O–H groups in total. The highest BCUT2D eigenvalue weighted by Gasteiger charge is 2.44. The Balaban J connectivity index is 2.85. The van der Waals surface area contributed by atoms with Crippen LogP contribution in [0.25, 0.3) is 0 Å². The topological polar surface area (TPSA) is 40.5 Å². The summed E-state index contributed by atoms with van der Waals surface area (Å²) in [4.78, 5) is 13.2. The number of hydrogen-bond donors (Lipinski definition) is 1. The summed E-state index contributed by atoms with van der Waals surface area (Å²) in [6, 6.07) is 0.357. The summed E-state index contributed by atoms with van der Waals surface area (Å²) in [5.41, 5.74) is -0.738. The maximum absolute atomic E-state index is 11.1. The minimum absolute atomic E-state index is 0.357. The van der Waals surface area contributed by atoms with E-state index in [9.17, 15) is 4.79 Å². The summed E-state index contributed by atoms with van der Waals surface area (Å²) >= 11 is 0. The van der Waals surface area contributed by atoms with Crippen LogP contribution in [-0.4, -0.2) is 34.1 Å². The molecule has 0 aromatic carbocycles. The largest absolute Gasteiger partial charge is 0.480 e. The van der Waals surface area contributed by atoms with Gasteiger partial charge in [0.25, 0.3) is 0 Å². The van der Waals surface area contributed by atoms with Gasteiger partial charge in [0.05, 0.1) is 0 Å². The van der Waals surface area contributed by atoms with Crippen LogP contribution in [0.15, 0.2) is 0 Å². The molecule has 0 saturated carbocycles. The molecule has 0 aromatic rings. The number of carboxylic acids is 1. The number of hydrogen-bond acceptors (Lipinski definition) is 2. The first-order chi connectivity index (χ1) is 6.28. The van der Waals surface area contributed by atoms with Crippen molar-refractivity contribution in [3.05, 3.63) is 0 Å². The molecule has 1 saturated heterocycles. The molecule has 0 spiro atoms. The average Bonchev–Trinajstić information content (AvgIpc) is 2.33. The van der Waals surface area contributed by atoms with Crippen molar-refractivity contribution < 1.29 is 9.90 Å². The third-order valence-electron chi connectivity index (χ3n) is 3.88. The monoisotopic (exact) mass is 199 g/mol. The number of carboxylic acid groups (broad SMARTS) is 1. The third-order valence-corrected chi connectivity index (χ3v) is 3.88. The van der Waals surface area contributed by atoms with Crippen molar-refractivity contribution in [1.82, 2.24) is 4.90 Å². The van der Waals surface area contributed by atoms with Crippen molar-refractivity contribution in [3.8, 4) is 0 Å². The predicted molar refractivity (Wildman–Crippen MR) is 56.2 cm³/mol. The lowest BCUT2D eigenvalue weighted by molar-refractivity contribution is -0.150. The van der Waals surface area contributed by atoms with Gasteiger partial charge in [-0.2, -0.15) is 0 Å². The zero-order valence-corrected chi connectivity index (χ0v) is 9.74. The Kier molecular flexibility index (Phi) is 2.91. The first-order valence-corrected chi connectivity index (χ1v) is 5.28. The van der Waals surface area contributed by atoms with Crippen LogP contribution >= 0.6 is 0 Å². The molecule has 3 nitrogen and oxygen atoms in total. The SMILES string of the molecule is CC1CN(C(C)(C)C(=O)O)C(C)C1C. The van der Waals surface area contributed by atoms with E-state index in [0.717, 1.165) is 6.54 Å². The molecular formula is C11H21NO2. The number of likely N-dealkylation sites (tertiary alicyclic amines) is 1. The van der Waals surface area contributed by atoms with Crippen LogP contribution in [0.4, 0.5) is 0 Å². The first-order valence-electron chi connectivity index (χ1n) is 5.28. The normalized spacial score (nSPS) is 34.8. The van der Waals surface area contributed by atoms with Gasteiger partial charge in [-0.1, -0.05) is 13.8 Å². The van der Waals surface area contributed by atoms with Gasteiger partial charge in [0, 0.05) is 12.6 Å². The molecule has 14 heavy (non-hydrogen) atoms. The van der Waals surface area contributed by atoms with Crippen molar-refractivity contribution in [2.45, 2.75) is 46.2 Å². The fourth-order valence-electron chi connectivity index (χ4n) is 2.26. The van der Waals surface area contributed by atoms with Crippen molar-refractivity contribution in [2.75, 3.05) is 6.54 Å². The van der Waals surface area contributed by atoms with E-state index in [0.29, 0.717) is 17.9 Å². The van der Waals surface area contributed by atoms with E-state index >= 15 is 0 Å². The Labute approximate surface area is 86.1 Å². The van der Waals surface area contributed by atoms with E-state index in [1.807, 2.05) is 0 Å². The quantitative estimate of drug-likeness (QED) is 0.737. The molecular weight excluding hydrogens is 178 g/mol. The van der Waals surface area contributed by atoms with Gasteiger partial charge >= 0.3 is 5.97 Å². The van der Waals surface area contributed by atoms with E-state index < -0.39 is 11.5 Å². The van der Waals surface area contributed by atoms with Crippen LogP contribution in [0.1, 0.15) is 34.6 Å². The lowest BCUT2D eigenvalue weighted by atomic mass is 9.95. The van der Waals surface area contributed by atoms with Crippen LogP contribution in [0, 0.1) is 11.8 Å². The molecule has 0 amide bonds. The van der Waals surface area contributed by atoms with E-state index in [-0.39, 0.29) is 0 Å². The summed E-state index contributed by atoms with van der Waals surface area (Å²) in [6.45, 7) is 11.0. The zero-order chi connectivity index (χ0) is 11.1. The first kappa shape index (κ1) is 11.5. The van der Waals surface area contributed by atoms with Crippen LogP contribution in [-0.2, 0) is 4.79 Å². The maximum atomic E-state index is 11.1. The molecule has 1 aliphatic rings. The number of carbonyl (C=O) groups is 1. The summed E-state index contributed by atoms with van der Waals surface area (Å²) in [5, 5.41) is 9.15. The molecule has 0 aromatic heterocycles. The molecule has 1 heterocycles. The summed E-state index contributed by atoms with van der Waals surface area (Å²) < 4.78 is 0. The van der Waals surface area contributed by atoms with Gasteiger partial charge in [0.1, 0.15) is 5.54 Å². The highest BCUT2D eigenvalue weighted by Crippen LogP contribution is 2.34. The molecule has 0 aliphatic carbocycles. The predicted octanol–water partition coefficient (Wildman–Crippen LogP) is 1.83. The van der Waals surface area contributed by atoms with E-state index in [2.05, 4.69) is 25.7 Å². The summed E-state index contributed by atoms with van der Waals surface area (Å²) in [5.74, 6) is 0.433. The second-order valence-corrected chi connectivity index (χ2v) is 5.09. The fraction of sp³-hybridized carbons (Fsp3) is 0.909. The molecule has 3 atom stereocenters. The van der Waals surface area contributed by atoms with Crippen LogP contribution < -0.4 is 0 Å². The molecule has 82 valence electrons. The van der Waals surface area contributed by atoms with Gasteiger partial charge in [0.2, 0.25) is 0 Å². The second kappa shape index (κ2) is 3.54. The van der Waals surface area contributed by atoms with Crippen molar-refractivity contribution in [3.63, 3.8) is 0 Å². The Bertz CT molecular complexity index is 237. The third kappa shape index (κ3) is 1.65. The lowest BCUT2D eigenvalue weighted by Crippen LogP contribution is -2.52. The second-order valence-electron chi connectivity index (χ2n) is 5.09. The maximum Gasteiger partial charge on any atom is 0.323 e. The number of aliphatic carboxylic acids is 1. The summed E-state index contributed by atoms with van der Waals surface area (Å²) in [7, 11) is 0. The van der Waals surface area contributed by atoms with Gasteiger partial charge in [-0.25, -0.2) is 0 Å². The van der Waals surface area contributed by atoms with E-state index in [1.54, 1.807) is 13.8 Å². The highest BCUT2D eigenvalue weighted by molar-refractivity contribution is 5.77. The average molecular weight is 199 g/mol. The van der Waals surface area contributed by atoms with Crippen molar-refractivity contribution in [1.29, 1.82) is 0 Å². The smallest absolute Gasteiger partial charge is 0.323 e. The minimum atomic E-state index is -0.738. The minimum Gasteiger partial charge on any atom is -0.480 e. The Morgan fingerprint density at radius 3 is 2.14 bits per heavy atom. The fourth-order valence-corrected chi connectivity index (χ4v) is 2.26. The van der Waals surface area contributed by atoms with E-state index in [1.165, 1.54) is 0 Å². The van der Waals surface area contributed by atoms with Gasteiger partial charge < -0.3 is 5.11 Å². The van der Waals surface area contributed by atoms with Crippen LogP contribution in [0.3, 0.4) is 0 Å². The highest BCUT2D eigenvalue weighted by atomic mass is 16.4. The van der Waals surface area contributed by atoms with Gasteiger partial charge in [-0.05, 0) is 32.6 Å². The van der Waals surface area contributed by atoms with Crippen molar-refractivity contribution in [2.24, 2.45) is 11.8 Å². The molecule has 1 aliphatic heterocycles. The Morgan fingerprint density at radius 2 is 1.86 bits per heavy atom. The standard InChI is InChI=1S/C11H21NO2/c1-7-6-12(9(3)8(7)2)11(4,5)10(13)14/h7-9H,6H2,1-5H3,(H,13,14). The van der Waals surface area contributed by atoms with Crippen molar-refractivity contribution >= 4 is 5.97 Å². The zero-order valence-electron chi connectivity index (χ0n) is 9.74. The van der Waals surface area contributed by atoms with Crippen LogP contribution in [0.5, 0.6) is 0 Å². The summed E-state index contributed by atoms with van der Waals surface area (Å²) in [6.07, 6.45) is 0. The Morgan fingerprint density at radius 1 is 1.36 bits per heavy atom. The molecule has 1 rings (SSSR count). The molecule has 3 unspecified atom stereocenters. The lowest BCUT2D eigenvalue weighted by Gasteiger charge is -2.35. The number of nitrogens with zero attached hydrogens (tertiary/aromatic N) is 1. The van der Waals surface area contributed by atoms with Gasteiger partial charge in [-0.15, -0.1) is 0 Å². The molecule has 0 radical (unpaired) electrons. The molecule has 3 heteroatoms.